The number of hydrogen-bond acceptors (Lipinski definition) is 6. The lowest BCUT2D eigenvalue weighted by Gasteiger charge is -2.05. The van der Waals surface area contributed by atoms with Crippen LogP contribution in [0.15, 0.2) is 48.1 Å². The minimum absolute atomic E-state index is 0.0506. The van der Waals surface area contributed by atoms with Crippen molar-refractivity contribution >= 4 is 22.3 Å². The molecule has 8 heteroatoms. The second-order valence-electron chi connectivity index (χ2n) is 7.45. The molecule has 4 heterocycles. The highest BCUT2D eigenvalue weighted by atomic mass is 16.3. The number of aromatic amines is 1. The molecule has 30 heavy (non-hydrogen) atoms. The molecular formula is C22H24N6O2. The third-order valence-corrected chi connectivity index (χ3v) is 5.03. The minimum Gasteiger partial charge on any atom is -0.494 e. The predicted octanol–water partition coefficient (Wildman–Crippen LogP) is 3.75. The van der Waals surface area contributed by atoms with E-state index >= 15 is 0 Å². The Balaban J connectivity index is 1.71. The summed E-state index contributed by atoms with van der Waals surface area (Å²) < 4.78 is 1.75. The molecule has 0 amide bonds. The van der Waals surface area contributed by atoms with Gasteiger partial charge in [0.25, 0.3) is 0 Å². The van der Waals surface area contributed by atoms with Crippen LogP contribution < -0.4 is 0 Å². The van der Waals surface area contributed by atoms with Crippen molar-refractivity contribution in [2.75, 3.05) is 0 Å². The Kier molecular flexibility index (Phi) is 5.33. The van der Waals surface area contributed by atoms with Gasteiger partial charge in [-0.25, -0.2) is 4.99 Å². The smallest absolute Gasteiger partial charge is 0.198 e. The molecule has 0 saturated heterocycles. The molecule has 154 valence electrons. The maximum Gasteiger partial charge on any atom is 0.198 e. The van der Waals surface area contributed by atoms with E-state index in [0.717, 1.165) is 27.7 Å². The third-order valence-electron chi connectivity index (χ3n) is 5.03. The van der Waals surface area contributed by atoms with Crippen LogP contribution in [0, 0.1) is 6.92 Å². The lowest BCUT2D eigenvalue weighted by atomic mass is 10.0. The van der Waals surface area contributed by atoms with Crippen molar-refractivity contribution in [2.45, 2.75) is 39.8 Å². The lowest BCUT2D eigenvalue weighted by Crippen LogP contribution is -2.06. The summed E-state index contributed by atoms with van der Waals surface area (Å²) in [5, 5.41) is 25.1. The van der Waals surface area contributed by atoms with E-state index in [-0.39, 0.29) is 12.0 Å². The average Bonchev–Trinajstić information content (AvgIpc) is 3.29. The van der Waals surface area contributed by atoms with Crippen LogP contribution in [-0.4, -0.2) is 46.8 Å². The molecule has 0 aliphatic rings. The molecular weight excluding hydrogens is 380 g/mol. The first-order valence-corrected chi connectivity index (χ1v) is 9.80. The van der Waals surface area contributed by atoms with E-state index in [4.69, 9.17) is 0 Å². The molecule has 3 N–H and O–H groups in total. The normalized spacial score (nSPS) is 13.1. The highest BCUT2D eigenvalue weighted by Gasteiger charge is 2.16. The summed E-state index contributed by atoms with van der Waals surface area (Å²) >= 11 is 0. The monoisotopic (exact) mass is 404 g/mol. The number of aliphatic imine (C=N–C) groups is 1. The zero-order valence-corrected chi connectivity index (χ0v) is 17.2. The first-order chi connectivity index (χ1) is 14.4. The van der Waals surface area contributed by atoms with E-state index in [1.165, 1.54) is 0 Å². The SMILES string of the molecule is CC(=Nc1cnn(CC[C@@H](C)O)c1)c1c(O)[nH]c2cnc(-c3cnccc3C)cc12. The van der Waals surface area contributed by atoms with E-state index in [0.29, 0.717) is 29.9 Å². The van der Waals surface area contributed by atoms with Crippen LogP contribution in [-0.2, 0) is 6.54 Å². The number of nitrogens with one attached hydrogen (secondary N) is 1. The number of aromatic nitrogens is 5. The Labute approximate surface area is 174 Å². The maximum atomic E-state index is 10.5. The van der Waals surface area contributed by atoms with Gasteiger partial charge in [0.15, 0.2) is 5.88 Å². The van der Waals surface area contributed by atoms with E-state index in [9.17, 15) is 10.2 Å². The maximum absolute atomic E-state index is 10.5. The van der Waals surface area contributed by atoms with E-state index in [1.54, 1.807) is 36.4 Å². The van der Waals surface area contributed by atoms with Crippen molar-refractivity contribution in [1.82, 2.24) is 24.7 Å². The number of rotatable bonds is 6. The number of nitrogens with zero attached hydrogens (tertiary/aromatic N) is 5. The zero-order chi connectivity index (χ0) is 21.3. The standard InChI is InChI=1S/C22H24N6O2/c1-13-4-6-23-10-18(13)19-8-17-20(11-24-19)27-22(30)21(17)15(3)26-16-9-25-28(12-16)7-5-14(2)29/h4,6,8-12,14,27,29-30H,5,7H2,1-3H3/t14-/m1/s1. The van der Waals surface area contributed by atoms with Gasteiger partial charge < -0.3 is 15.2 Å². The Bertz CT molecular complexity index is 1220. The molecule has 0 aliphatic heterocycles. The topological polar surface area (TPSA) is 112 Å². The van der Waals surface area contributed by atoms with Crippen molar-refractivity contribution in [1.29, 1.82) is 0 Å². The number of aliphatic hydroxyl groups is 1. The number of fused-ring (bicyclic) bond motifs is 1. The molecule has 8 nitrogen and oxygen atoms in total. The van der Waals surface area contributed by atoms with E-state index in [1.807, 2.05) is 32.2 Å². The van der Waals surface area contributed by atoms with Gasteiger partial charge >= 0.3 is 0 Å². The van der Waals surface area contributed by atoms with Gasteiger partial charge in [-0.15, -0.1) is 0 Å². The molecule has 4 aromatic heterocycles. The second-order valence-corrected chi connectivity index (χ2v) is 7.45. The summed E-state index contributed by atoms with van der Waals surface area (Å²) in [5.41, 5.74) is 5.51. The molecule has 0 radical (unpaired) electrons. The summed E-state index contributed by atoms with van der Waals surface area (Å²) in [5.74, 6) is 0.0506. The van der Waals surface area contributed by atoms with Gasteiger partial charge in [0.2, 0.25) is 0 Å². The van der Waals surface area contributed by atoms with Crippen LogP contribution in [0.5, 0.6) is 5.88 Å². The number of aromatic hydroxyl groups is 1. The van der Waals surface area contributed by atoms with E-state index < -0.39 is 0 Å². The van der Waals surface area contributed by atoms with Gasteiger partial charge in [-0.2, -0.15) is 5.10 Å². The van der Waals surface area contributed by atoms with Crippen LogP contribution >= 0.6 is 0 Å². The lowest BCUT2D eigenvalue weighted by molar-refractivity contribution is 0.176. The zero-order valence-electron chi connectivity index (χ0n) is 17.2. The summed E-state index contributed by atoms with van der Waals surface area (Å²) in [6, 6.07) is 3.88. The predicted molar refractivity (Wildman–Crippen MR) is 116 cm³/mol. The summed E-state index contributed by atoms with van der Waals surface area (Å²) in [4.78, 5) is 16.3. The third kappa shape index (κ3) is 3.95. The average molecular weight is 404 g/mol. The van der Waals surface area contributed by atoms with Crippen molar-refractivity contribution in [2.24, 2.45) is 4.99 Å². The van der Waals surface area contributed by atoms with Crippen molar-refractivity contribution in [3.8, 4) is 17.1 Å². The van der Waals surface area contributed by atoms with Gasteiger partial charge in [-0.1, -0.05) is 0 Å². The fourth-order valence-electron chi connectivity index (χ4n) is 3.43. The molecule has 0 aliphatic carbocycles. The quantitative estimate of drug-likeness (QED) is 0.424. The summed E-state index contributed by atoms with van der Waals surface area (Å²) in [6.07, 6.45) is 8.99. The Morgan fingerprint density at radius 2 is 2.13 bits per heavy atom. The largest absolute Gasteiger partial charge is 0.494 e. The first-order valence-electron chi connectivity index (χ1n) is 9.80. The highest BCUT2D eigenvalue weighted by Crippen LogP contribution is 2.32. The minimum atomic E-state index is -0.377. The molecule has 0 unspecified atom stereocenters. The van der Waals surface area contributed by atoms with Gasteiger partial charge in [0, 0.05) is 29.9 Å². The van der Waals surface area contributed by atoms with Crippen LogP contribution in [0.2, 0.25) is 0 Å². The van der Waals surface area contributed by atoms with Crippen LogP contribution in [0.4, 0.5) is 5.69 Å². The van der Waals surface area contributed by atoms with Gasteiger partial charge in [0.05, 0.1) is 47.2 Å². The molecule has 0 saturated carbocycles. The number of aliphatic hydroxyl groups excluding tert-OH is 1. The fourth-order valence-corrected chi connectivity index (χ4v) is 3.43. The summed E-state index contributed by atoms with van der Waals surface area (Å²) in [6.45, 7) is 6.23. The van der Waals surface area contributed by atoms with Crippen molar-refractivity contribution < 1.29 is 10.2 Å². The van der Waals surface area contributed by atoms with Crippen molar-refractivity contribution in [3.05, 3.63) is 54.2 Å². The van der Waals surface area contributed by atoms with Gasteiger partial charge in [0.1, 0.15) is 5.69 Å². The van der Waals surface area contributed by atoms with Crippen LogP contribution in [0.1, 0.15) is 31.4 Å². The Hall–Kier alpha value is -3.52. The number of hydrogen-bond donors (Lipinski definition) is 3. The molecule has 0 fully saturated rings. The fraction of sp³-hybridized carbons (Fsp3) is 0.273. The first kappa shape index (κ1) is 19.8. The van der Waals surface area contributed by atoms with Crippen LogP contribution in [0.3, 0.4) is 0 Å². The highest BCUT2D eigenvalue weighted by molar-refractivity contribution is 6.13. The number of pyridine rings is 2. The van der Waals surface area contributed by atoms with E-state index in [2.05, 4.69) is 25.0 Å². The number of H-pyrrole nitrogens is 1. The Morgan fingerprint density at radius 1 is 1.30 bits per heavy atom. The van der Waals surface area contributed by atoms with Crippen LogP contribution in [0.25, 0.3) is 22.2 Å². The molecule has 1 atom stereocenters. The molecule has 0 spiro atoms. The second kappa shape index (κ2) is 8.08. The molecule has 4 rings (SSSR count). The molecule has 0 aromatic carbocycles. The van der Waals surface area contributed by atoms with Crippen molar-refractivity contribution in [3.63, 3.8) is 0 Å². The molecule has 4 aromatic rings. The summed E-state index contributed by atoms with van der Waals surface area (Å²) in [7, 11) is 0. The Morgan fingerprint density at radius 3 is 2.90 bits per heavy atom. The van der Waals surface area contributed by atoms with Gasteiger partial charge in [-0.3, -0.25) is 14.6 Å². The number of aryl methyl sites for hydroxylation is 2. The molecule has 0 bridgehead atoms. The van der Waals surface area contributed by atoms with Gasteiger partial charge in [-0.05, 0) is 44.9 Å².